The average molecular weight is 354 g/mol. The van der Waals surface area contributed by atoms with Gasteiger partial charge in [-0.2, -0.15) is 0 Å². The molecule has 20 heavy (non-hydrogen) atoms. The zero-order chi connectivity index (χ0) is 14.7. The fraction of sp³-hybridized carbons (Fsp3) is 0.133. The van der Waals surface area contributed by atoms with Crippen LogP contribution in [0.5, 0.6) is 0 Å². The van der Waals surface area contributed by atoms with Crippen LogP contribution in [0.15, 0.2) is 40.9 Å². The van der Waals surface area contributed by atoms with Crippen LogP contribution in [0.25, 0.3) is 0 Å². The smallest absolute Gasteiger partial charge is 0.307 e. The lowest BCUT2D eigenvalue weighted by molar-refractivity contribution is 0.262. The van der Waals surface area contributed by atoms with Crippen molar-refractivity contribution in [2.24, 2.45) is 0 Å². The van der Waals surface area contributed by atoms with Gasteiger partial charge in [-0.1, -0.05) is 23.7 Å². The van der Waals surface area contributed by atoms with Crippen molar-refractivity contribution in [1.29, 1.82) is 0 Å². The molecule has 2 rings (SSSR count). The minimum atomic E-state index is -0.306. The Hall–Kier alpha value is -1.52. The summed E-state index contributed by atoms with van der Waals surface area (Å²) in [5, 5.41) is 6.16. The molecule has 2 aromatic carbocycles. The molecule has 0 radical (unpaired) electrons. The van der Waals surface area contributed by atoms with E-state index in [4.69, 9.17) is 11.6 Å². The third-order valence-electron chi connectivity index (χ3n) is 2.82. The minimum Gasteiger partial charge on any atom is -0.307 e. The Morgan fingerprint density at radius 1 is 1.05 bits per heavy atom. The molecule has 0 bridgehead atoms. The fourth-order valence-corrected chi connectivity index (χ4v) is 2.49. The summed E-state index contributed by atoms with van der Waals surface area (Å²) in [4.78, 5) is 12.0. The van der Waals surface area contributed by atoms with Gasteiger partial charge in [0.05, 0.1) is 5.69 Å². The molecular weight excluding hydrogens is 340 g/mol. The molecule has 0 aliphatic heterocycles. The molecule has 0 unspecified atom stereocenters. The molecule has 0 aromatic heterocycles. The molecule has 0 spiro atoms. The van der Waals surface area contributed by atoms with E-state index in [1.807, 2.05) is 38.1 Å². The molecule has 5 heteroatoms. The molecule has 0 saturated heterocycles. The third-order valence-corrected chi connectivity index (χ3v) is 3.71. The van der Waals surface area contributed by atoms with Crippen LogP contribution in [-0.2, 0) is 0 Å². The first kappa shape index (κ1) is 14.9. The van der Waals surface area contributed by atoms with Crippen molar-refractivity contribution in [2.75, 3.05) is 10.6 Å². The Kier molecular flexibility index (Phi) is 4.68. The third kappa shape index (κ3) is 3.74. The van der Waals surface area contributed by atoms with Crippen molar-refractivity contribution in [2.45, 2.75) is 13.8 Å². The molecule has 0 fully saturated rings. The van der Waals surface area contributed by atoms with Crippen molar-refractivity contribution in [3.05, 3.63) is 57.0 Å². The number of rotatable bonds is 2. The predicted octanol–water partition coefficient (Wildman–Crippen LogP) is 5.36. The van der Waals surface area contributed by atoms with Crippen molar-refractivity contribution in [1.82, 2.24) is 0 Å². The standard InChI is InChI=1S/C15H14BrClN2O/c1-9-3-6-13(12(16)7-9)18-15(20)19-14-8-11(17)5-4-10(14)2/h3-8H,1-2H3,(H2,18,19,20). The second-order valence-electron chi connectivity index (χ2n) is 4.52. The van der Waals surface area contributed by atoms with E-state index in [1.165, 1.54) is 0 Å². The van der Waals surface area contributed by atoms with Crippen LogP contribution in [0, 0.1) is 13.8 Å². The summed E-state index contributed by atoms with van der Waals surface area (Å²) in [6.07, 6.45) is 0. The largest absolute Gasteiger partial charge is 0.323 e. The lowest BCUT2D eigenvalue weighted by atomic mass is 10.2. The minimum absolute atomic E-state index is 0.306. The highest BCUT2D eigenvalue weighted by Crippen LogP contribution is 2.24. The van der Waals surface area contributed by atoms with Gasteiger partial charge in [0.25, 0.3) is 0 Å². The van der Waals surface area contributed by atoms with E-state index in [2.05, 4.69) is 26.6 Å². The number of aryl methyl sites for hydroxylation is 2. The van der Waals surface area contributed by atoms with Crippen molar-refractivity contribution >= 4 is 44.9 Å². The van der Waals surface area contributed by atoms with Gasteiger partial charge in [0.2, 0.25) is 0 Å². The first-order valence-electron chi connectivity index (χ1n) is 6.06. The summed E-state index contributed by atoms with van der Waals surface area (Å²) in [5.41, 5.74) is 3.48. The van der Waals surface area contributed by atoms with Crippen LogP contribution in [-0.4, -0.2) is 6.03 Å². The lowest BCUT2D eigenvalue weighted by Crippen LogP contribution is -2.20. The van der Waals surface area contributed by atoms with Crippen LogP contribution in [0.1, 0.15) is 11.1 Å². The zero-order valence-electron chi connectivity index (χ0n) is 11.1. The second-order valence-corrected chi connectivity index (χ2v) is 5.81. The molecule has 0 heterocycles. The van der Waals surface area contributed by atoms with Gasteiger partial charge in [-0.05, 0) is 65.2 Å². The van der Waals surface area contributed by atoms with E-state index >= 15 is 0 Å². The summed E-state index contributed by atoms with van der Waals surface area (Å²) >= 11 is 9.35. The van der Waals surface area contributed by atoms with Crippen molar-refractivity contribution in [3.63, 3.8) is 0 Å². The maximum atomic E-state index is 12.0. The highest BCUT2D eigenvalue weighted by Gasteiger charge is 2.07. The van der Waals surface area contributed by atoms with Gasteiger partial charge in [0.15, 0.2) is 0 Å². The molecule has 0 aliphatic rings. The van der Waals surface area contributed by atoms with E-state index in [1.54, 1.807) is 12.1 Å². The SMILES string of the molecule is Cc1ccc(NC(=O)Nc2cc(Cl)ccc2C)c(Br)c1. The normalized spacial score (nSPS) is 10.2. The monoisotopic (exact) mass is 352 g/mol. The first-order chi connectivity index (χ1) is 9.45. The van der Waals surface area contributed by atoms with Gasteiger partial charge < -0.3 is 10.6 Å². The van der Waals surface area contributed by atoms with E-state index < -0.39 is 0 Å². The number of amides is 2. The highest BCUT2D eigenvalue weighted by atomic mass is 79.9. The van der Waals surface area contributed by atoms with E-state index in [-0.39, 0.29) is 6.03 Å². The van der Waals surface area contributed by atoms with E-state index in [0.29, 0.717) is 16.4 Å². The molecule has 2 aromatic rings. The van der Waals surface area contributed by atoms with Gasteiger partial charge in [0.1, 0.15) is 0 Å². The number of hydrogen-bond donors (Lipinski definition) is 2. The summed E-state index contributed by atoms with van der Waals surface area (Å²) in [6, 6.07) is 10.8. The number of carbonyl (C=O) groups excluding carboxylic acids is 1. The molecular formula is C15H14BrClN2O. The summed E-state index contributed by atoms with van der Waals surface area (Å²) in [7, 11) is 0. The van der Waals surface area contributed by atoms with Crippen LogP contribution < -0.4 is 10.6 Å². The van der Waals surface area contributed by atoms with Gasteiger partial charge in [-0.15, -0.1) is 0 Å². The zero-order valence-corrected chi connectivity index (χ0v) is 13.5. The number of benzene rings is 2. The summed E-state index contributed by atoms with van der Waals surface area (Å²) in [6.45, 7) is 3.90. The van der Waals surface area contributed by atoms with Crippen LogP contribution in [0.4, 0.5) is 16.2 Å². The first-order valence-corrected chi connectivity index (χ1v) is 7.23. The number of halogens is 2. The van der Waals surface area contributed by atoms with Gasteiger partial charge in [-0.3, -0.25) is 0 Å². The summed E-state index contributed by atoms with van der Waals surface area (Å²) in [5.74, 6) is 0. The Balaban J connectivity index is 2.11. The topological polar surface area (TPSA) is 41.1 Å². The molecule has 2 N–H and O–H groups in total. The quantitative estimate of drug-likeness (QED) is 0.749. The van der Waals surface area contributed by atoms with Crippen LogP contribution in [0.2, 0.25) is 5.02 Å². The highest BCUT2D eigenvalue weighted by molar-refractivity contribution is 9.10. The number of carbonyl (C=O) groups is 1. The number of anilines is 2. The van der Waals surface area contributed by atoms with Crippen molar-refractivity contribution in [3.8, 4) is 0 Å². The van der Waals surface area contributed by atoms with Crippen LogP contribution >= 0.6 is 27.5 Å². The van der Waals surface area contributed by atoms with Crippen molar-refractivity contribution < 1.29 is 4.79 Å². The maximum Gasteiger partial charge on any atom is 0.323 e. The number of hydrogen-bond acceptors (Lipinski definition) is 1. The Morgan fingerprint density at radius 3 is 2.45 bits per heavy atom. The molecule has 0 aliphatic carbocycles. The van der Waals surface area contributed by atoms with E-state index in [0.717, 1.165) is 15.6 Å². The fourth-order valence-electron chi connectivity index (χ4n) is 1.73. The van der Waals surface area contributed by atoms with Gasteiger partial charge in [0, 0.05) is 15.2 Å². The average Bonchev–Trinajstić information content (AvgIpc) is 2.37. The number of nitrogens with one attached hydrogen (secondary N) is 2. The second kappa shape index (κ2) is 6.29. The molecule has 0 saturated carbocycles. The molecule has 0 atom stereocenters. The Labute approximate surface area is 131 Å². The Bertz CT molecular complexity index is 658. The summed E-state index contributed by atoms with van der Waals surface area (Å²) < 4.78 is 0.843. The maximum absolute atomic E-state index is 12.0. The molecule has 104 valence electrons. The van der Waals surface area contributed by atoms with Gasteiger partial charge in [-0.25, -0.2) is 4.79 Å². The van der Waals surface area contributed by atoms with Gasteiger partial charge >= 0.3 is 6.03 Å². The molecule has 2 amide bonds. The predicted molar refractivity (Wildman–Crippen MR) is 87.7 cm³/mol. The number of urea groups is 1. The molecule has 3 nitrogen and oxygen atoms in total. The Morgan fingerprint density at radius 2 is 1.75 bits per heavy atom. The lowest BCUT2D eigenvalue weighted by Gasteiger charge is -2.11. The van der Waals surface area contributed by atoms with Crippen LogP contribution in [0.3, 0.4) is 0 Å². The van der Waals surface area contributed by atoms with E-state index in [9.17, 15) is 4.79 Å².